The van der Waals surface area contributed by atoms with Crippen LogP contribution in [0.15, 0.2) is 75.9 Å². The molecular weight excluding hydrogens is 396 g/mol. The molecule has 0 atom stereocenters. The summed E-state index contributed by atoms with van der Waals surface area (Å²) in [7, 11) is 1.40. The van der Waals surface area contributed by atoms with Gasteiger partial charge in [-0.05, 0) is 48.5 Å². The third-order valence-electron chi connectivity index (χ3n) is 3.84. The average Bonchev–Trinajstić information content (AvgIpc) is 2.73. The lowest BCUT2D eigenvalue weighted by atomic mass is 10.2. The van der Waals surface area contributed by atoms with Crippen molar-refractivity contribution in [3.05, 3.63) is 81.4 Å². The number of aromatic hydroxyl groups is 1. The van der Waals surface area contributed by atoms with E-state index in [1.807, 2.05) is 0 Å². The van der Waals surface area contributed by atoms with E-state index in [0.29, 0.717) is 27.6 Å². The van der Waals surface area contributed by atoms with E-state index in [4.69, 9.17) is 16.3 Å². The molecule has 3 aromatic carbocycles. The highest BCUT2D eigenvalue weighted by molar-refractivity contribution is 6.30. The van der Waals surface area contributed by atoms with Gasteiger partial charge in [0.05, 0.1) is 29.5 Å². The molecule has 3 aromatic rings. The molecule has 0 fully saturated rings. The standard InChI is InChI=1S/C20H15ClN4O4/c1-29-20-11-17(25(27)28)7-8-18(20)22-12-13-10-16(6-9-19(13)26)24-23-15-4-2-14(21)3-5-15/h2-12,26H,1H3. The SMILES string of the molecule is COc1cc([N+](=O)[O-])ccc1N=Cc1cc(N=Nc2ccc(Cl)cc2)ccc1O. The number of benzene rings is 3. The van der Waals surface area contributed by atoms with E-state index in [0.717, 1.165) is 0 Å². The summed E-state index contributed by atoms with van der Waals surface area (Å²) in [5.74, 6) is 0.244. The lowest BCUT2D eigenvalue weighted by Crippen LogP contribution is -1.90. The van der Waals surface area contributed by atoms with Gasteiger partial charge in [0.15, 0.2) is 5.75 Å². The van der Waals surface area contributed by atoms with Gasteiger partial charge in [0.2, 0.25) is 0 Å². The number of rotatable bonds is 6. The number of aliphatic imine (C=N–C) groups is 1. The predicted octanol–water partition coefficient (Wildman–Crippen LogP) is 6.13. The zero-order valence-electron chi connectivity index (χ0n) is 15.2. The number of hydrogen-bond donors (Lipinski definition) is 1. The molecule has 0 heterocycles. The van der Waals surface area contributed by atoms with Crippen LogP contribution in [0, 0.1) is 10.1 Å². The number of nitrogens with zero attached hydrogens (tertiary/aromatic N) is 4. The number of nitro groups is 1. The van der Waals surface area contributed by atoms with Gasteiger partial charge < -0.3 is 9.84 Å². The number of non-ortho nitro benzene ring substituents is 1. The van der Waals surface area contributed by atoms with Gasteiger partial charge in [-0.25, -0.2) is 0 Å². The normalized spacial score (nSPS) is 11.2. The van der Waals surface area contributed by atoms with Gasteiger partial charge in [0.25, 0.3) is 5.69 Å². The molecule has 146 valence electrons. The van der Waals surface area contributed by atoms with E-state index in [1.165, 1.54) is 37.6 Å². The first kappa shape index (κ1) is 20.0. The Morgan fingerprint density at radius 3 is 2.41 bits per heavy atom. The van der Waals surface area contributed by atoms with Crippen LogP contribution in [0.1, 0.15) is 5.56 Å². The second kappa shape index (κ2) is 8.94. The molecule has 0 amide bonds. The van der Waals surface area contributed by atoms with Gasteiger partial charge in [-0.2, -0.15) is 10.2 Å². The molecule has 8 nitrogen and oxygen atoms in total. The van der Waals surface area contributed by atoms with Crippen molar-refractivity contribution >= 4 is 40.6 Å². The molecule has 0 aliphatic carbocycles. The summed E-state index contributed by atoms with van der Waals surface area (Å²) in [4.78, 5) is 14.6. The monoisotopic (exact) mass is 410 g/mol. The van der Waals surface area contributed by atoms with Crippen molar-refractivity contribution in [2.45, 2.75) is 0 Å². The molecule has 0 aliphatic heterocycles. The van der Waals surface area contributed by atoms with Crippen LogP contribution in [-0.2, 0) is 0 Å². The van der Waals surface area contributed by atoms with Crippen molar-refractivity contribution in [3.63, 3.8) is 0 Å². The molecule has 0 spiro atoms. The smallest absolute Gasteiger partial charge is 0.273 e. The lowest BCUT2D eigenvalue weighted by molar-refractivity contribution is -0.384. The third-order valence-corrected chi connectivity index (χ3v) is 4.09. The van der Waals surface area contributed by atoms with E-state index < -0.39 is 4.92 Å². The second-order valence-electron chi connectivity index (χ2n) is 5.79. The Morgan fingerprint density at radius 1 is 1.03 bits per heavy atom. The first-order valence-electron chi connectivity index (χ1n) is 8.33. The molecule has 0 aromatic heterocycles. The Hall–Kier alpha value is -3.78. The minimum Gasteiger partial charge on any atom is -0.507 e. The number of azo groups is 1. The van der Waals surface area contributed by atoms with Gasteiger partial charge in [0.1, 0.15) is 11.4 Å². The number of methoxy groups -OCH3 is 1. The molecule has 0 unspecified atom stereocenters. The van der Waals surface area contributed by atoms with Gasteiger partial charge in [0, 0.05) is 22.9 Å². The maximum absolute atomic E-state index is 10.9. The molecule has 29 heavy (non-hydrogen) atoms. The van der Waals surface area contributed by atoms with Crippen molar-refractivity contribution in [3.8, 4) is 11.5 Å². The summed E-state index contributed by atoms with van der Waals surface area (Å²) in [5.41, 5.74) is 1.82. The largest absolute Gasteiger partial charge is 0.507 e. The summed E-state index contributed by atoms with van der Waals surface area (Å²) in [6, 6.07) is 15.7. The maximum Gasteiger partial charge on any atom is 0.273 e. The van der Waals surface area contributed by atoms with Crippen LogP contribution >= 0.6 is 11.6 Å². The van der Waals surface area contributed by atoms with E-state index in [2.05, 4.69) is 15.2 Å². The second-order valence-corrected chi connectivity index (χ2v) is 6.23. The lowest BCUT2D eigenvalue weighted by Gasteiger charge is -2.04. The first-order chi connectivity index (χ1) is 14.0. The fourth-order valence-corrected chi connectivity index (χ4v) is 2.48. The molecule has 0 bridgehead atoms. The van der Waals surface area contributed by atoms with Gasteiger partial charge >= 0.3 is 0 Å². The van der Waals surface area contributed by atoms with Gasteiger partial charge in [-0.3, -0.25) is 15.1 Å². The molecule has 0 aliphatic rings. The van der Waals surface area contributed by atoms with E-state index in [1.54, 1.807) is 36.4 Å². The summed E-state index contributed by atoms with van der Waals surface area (Å²) in [6.45, 7) is 0. The van der Waals surface area contributed by atoms with Crippen molar-refractivity contribution in [2.24, 2.45) is 15.2 Å². The average molecular weight is 411 g/mol. The van der Waals surface area contributed by atoms with E-state index >= 15 is 0 Å². The van der Waals surface area contributed by atoms with Crippen molar-refractivity contribution in [2.75, 3.05) is 7.11 Å². The number of halogens is 1. The Morgan fingerprint density at radius 2 is 1.72 bits per heavy atom. The number of hydrogen-bond acceptors (Lipinski definition) is 7. The Labute approximate surface area is 170 Å². The highest BCUT2D eigenvalue weighted by atomic mass is 35.5. The van der Waals surface area contributed by atoms with Crippen molar-refractivity contribution in [1.29, 1.82) is 0 Å². The highest BCUT2D eigenvalue weighted by Crippen LogP contribution is 2.32. The zero-order chi connectivity index (χ0) is 20.8. The number of ether oxygens (including phenoxy) is 1. The van der Waals surface area contributed by atoms with Crippen LogP contribution in [-0.4, -0.2) is 23.4 Å². The Balaban J connectivity index is 1.85. The van der Waals surface area contributed by atoms with Crippen LogP contribution in [0.5, 0.6) is 11.5 Å². The Kier molecular flexibility index (Phi) is 6.16. The summed E-state index contributed by atoms with van der Waals surface area (Å²) in [5, 5.41) is 29.8. The fraction of sp³-hybridized carbons (Fsp3) is 0.0500. The van der Waals surface area contributed by atoms with Gasteiger partial charge in [-0.1, -0.05) is 11.6 Å². The summed E-state index contributed by atoms with van der Waals surface area (Å²) in [6.07, 6.45) is 1.42. The summed E-state index contributed by atoms with van der Waals surface area (Å²) < 4.78 is 5.15. The van der Waals surface area contributed by atoms with Crippen LogP contribution in [0.25, 0.3) is 0 Å². The highest BCUT2D eigenvalue weighted by Gasteiger charge is 2.10. The first-order valence-corrected chi connectivity index (χ1v) is 8.71. The van der Waals surface area contributed by atoms with Crippen molar-refractivity contribution < 1.29 is 14.8 Å². The quantitative estimate of drug-likeness (QED) is 0.228. The number of phenols is 1. The topological polar surface area (TPSA) is 110 Å². The summed E-state index contributed by atoms with van der Waals surface area (Å²) >= 11 is 5.84. The Bertz CT molecular complexity index is 1100. The fourth-order valence-electron chi connectivity index (χ4n) is 2.36. The van der Waals surface area contributed by atoms with Crippen molar-refractivity contribution in [1.82, 2.24) is 0 Å². The molecular formula is C20H15ClN4O4. The predicted molar refractivity (Wildman–Crippen MR) is 111 cm³/mol. The minimum absolute atomic E-state index is 0.0000662. The number of phenolic OH excluding ortho intramolecular Hbond substituents is 1. The molecule has 1 N–H and O–H groups in total. The van der Waals surface area contributed by atoms with Crippen LogP contribution in [0.4, 0.5) is 22.7 Å². The maximum atomic E-state index is 10.9. The van der Waals surface area contributed by atoms with Gasteiger partial charge in [-0.15, -0.1) is 0 Å². The van der Waals surface area contributed by atoms with Crippen LogP contribution in [0.3, 0.4) is 0 Å². The molecule has 0 saturated carbocycles. The molecule has 3 rings (SSSR count). The zero-order valence-corrected chi connectivity index (χ0v) is 15.9. The van der Waals surface area contributed by atoms with Crippen LogP contribution < -0.4 is 4.74 Å². The third kappa shape index (κ3) is 5.14. The molecule has 0 saturated heterocycles. The minimum atomic E-state index is -0.517. The van der Waals surface area contributed by atoms with Crippen LogP contribution in [0.2, 0.25) is 5.02 Å². The molecule has 0 radical (unpaired) electrons. The van der Waals surface area contributed by atoms with E-state index in [-0.39, 0.29) is 17.2 Å². The van der Waals surface area contributed by atoms with E-state index in [9.17, 15) is 15.2 Å². The molecule has 9 heteroatoms. The number of nitro benzene ring substituents is 1.